The Morgan fingerprint density at radius 2 is 2.57 bits per heavy atom. The van der Waals surface area contributed by atoms with Gasteiger partial charge in [0.2, 0.25) is 0 Å². The van der Waals surface area contributed by atoms with Crippen LogP contribution in [0.2, 0.25) is 0 Å². The minimum Gasteiger partial charge on any atom is -0.365 e. The first-order chi connectivity index (χ1) is 6.83. The molecule has 4 heteroatoms. The van der Waals surface area contributed by atoms with Gasteiger partial charge in [0.1, 0.15) is 11.9 Å². The molecule has 0 bridgehead atoms. The number of rotatable bonds is 0. The zero-order valence-electron chi connectivity index (χ0n) is 8.44. The molecule has 2 atom stereocenters. The van der Waals surface area contributed by atoms with Gasteiger partial charge in [0.15, 0.2) is 5.82 Å². The number of nitrogens with zero attached hydrogens (tertiary/aromatic N) is 3. The molecule has 0 aromatic carbocycles. The smallest absolute Gasteiger partial charge is 0.159 e. The van der Waals surface area contributed by atoms with Gasteiger partial charge in [-0.1, -0.05) is 6.92 Å². The fraction of sp³-hybridized carbons (Fsp3) is 0.800. The molecule has 0 saturated heterocycles. The maximum Gasteiger partial charge on any atom is 0.159 e. The summed E-state index contributed by atoms with van der Waals surface area (Å²) in [7, 11) is 0. The highest BCUT2D eigenvalue weighted by Crippen LogP contribution is 2.46. The summed E-state index contributed by atoms with van der Waals surface area (Å²) in [5.41, 5.74) is -0.116. The quantitative estimate of drug-likeness (QED) is 0.624. The molecule has 76 valence electrons. The Morgan fingerprint density at radius 3 is 3.36 bits per heavy atom. The van der Waals surface area contributed by atoms with Crippen LogP contribution < -0.4 is 0 Å². The molecular weight excluding hydrogens is 178 g/mol. The number of ether oxygens (including phenoxy) is 1. The van der Waals surface area contributed by atoms with Gasteiger partial charge in [-0.2, -0.15) is 5.10 Å². The topological polar surface area (TPSA) is 39.9 Å². The summed E-state index contributed by atoms with van der Waals surface area (Å²) in [5, 5.41) is 4.24. The highest BCUT2D eigenvalue weighted by Gasteiger charge is 2.48. The third-order valence-corrected chi connectivity index (χ3v) is 3.64. The number of aromatic nitrogens is 3. The van der Waals surface area contributed by atoms with E-state index in [2.05, 4.69) is 17.0 Å². The predicted molar refractivity (Wildman–Crippen MR) is 50.7 cm³/mol. The summed E-state index contributed by atoms with van der Waals surface area (Å²) in [6.07, 6.45) is 5.24. The molecule has 1 saturated carbocycles. The average Bonchev–Trinajstić information content (AvgIpc) is 2.76. The summed E-state index contributed by atoms with van der Waals surface area (Å²) < 4.78 is 8.01. The van der Waals surface area contributed by atoms with Crippen LogP contribution in [0, 0.1) is 5.92 Å². The Hall–Kier alpha value is -0.900. The van der Waals surface area contributed by atoms with Crippen LogP contribution in [0.1, 0.15) is 32.0 Å². The molecule has 2 aliphatic rings. The first kappa shape index (κ1) is 8.41. The molecule has 2 heterocycles. The predicted octanol–water partition coefficient (Wildman–Crippen LogP) is 1.32. The lowest BCUT2D eigenvalue weighted by molar-refractivity contribution is -0.105. The van der Waals surface area contributed by atoms with Gasteiger partial charge in [-0.3, -0.25) is 0 Å². The van der Waals surface area contributed by atoms with E-state index in [1.807, 2.05) is 4.68 Å². The van der Waals surface area contributed by atoms with Gasteiger partial charge in [0.05, 0.1) is 13.2 Å². The van der Waals surface area contributed by atoms with E-state index in [4.69, 9.17) is 4.74 Å². The standard InChI is InChI=1S/C10H15N3O/c1-8-3-2-4-10(8)9-11-7-12-13(9)5-6-14-10/h7-8H,2-6H2,1H3. The van der Waals surface area contributed by atoms with Crippen LogP contribution in [0.15, 0.2) is 6.33 Å². The van der Waals surface area contributed by atoms with Crippen molar-refractivity contribution in [3.63, 3.8) is 0 Å². The number of hydrogen-bond acceptors (Lipinski definition) is 3. The van der Waals surface area contributed by atoms with Crippen molar-refractivity contribution in [1.82, 2.24) is 14.8 Å². The van der Waals surface area contributed by atoms with E-state index in [0.29, 0.717) is 5.92 Å². The van der Waals surface area contributed by atoms with E-state index < -0.39 is 0 Å². The molecular formula is C10H15N3O. The molecule has 0 radical (unpaired) electrons. The molecule has 1 aromatic heterocycles. The largest absolute Gasteiger partial charge is 0.365 e. The third kappa shape index (κ3) is 0.919. The molecule has 0 amide bonds. The summed E-state index contributed by atoms with van der Waals surface area (Å²) in [4.78, 5) is 4.37. The van der Waals surface area contributed by atoms with Gasteiger partial charge >= 0.3 is 0 Å². The lowest BCUT2D eigenvalue weighted by Crippen LogP contribution is -2.41. The summed E-state index contributed by atoms with van der Waals surface area (Å²) in [6.45, 7) is 3.89. The highest BCUT2D eigenvalue weighted by atomic mass is 16.5. The zero-order chi connectivity index (χ0) is 9.60. The molecule has 1 aliphatic heterocycles. The van der Waals surface area contributed by atoms with E-state index in [1.54, 1.807) is 6.33 Å². The maximum atomic E-state index is 6.00. The van der Waals surface area contributed by atoms with Gasteiger partial charge in [-0.05, 0) is 25.2 Å². The van der Waals surface area contributed by atoms with E-state index in [9.17, 15) is 0 Å². The van der Waals surface area contributed by atoms with E-state index >= 15 is 0 Å². The van der Waals surface area contributed by atoms with E-state index in [-0.39, 0.29) is 5.60 Å². The first-order valence-corrected chi connectivity index (χ1v) is 5.35. The van der Waals surface area contributed by atoms with Crippen molar-refractivity contribution in [3.8, 4) is 0 Å². The van der Waals surface area contributed by atoms with Crippen molar-refractivity contribution in [3.05, 3.63) is 12.2 Å². The van der Waals surface area contributed by atoms with Crippen LogP contribution in [0.3, 0.4) is 0 Å². The Kier molecular flexibility index (Phi) is 1.68. The van der Waals surface area contributed by atoms with Crippen LogP contribution >= 0.6 is 0 Å². The van der Waals surface area contributed by atoms with Gasteiger partial charge in [-0.25, -0.2) is 9.67 Å². The molecule has 2 unspecified atom stereocenters. The summed E-state index contributed by atoms with van der Waals surface area (Å²) in [6, 6.07) is 0. The third-order valence-electron chi connectivity index (χ3n) is 3.64. The minimum absolute atomic E-state index is 0.116. The Labute approximate surface area is 83.3 Å². The molecule has 1 aliphatic carbocycles. The minimum atomic E-state index is -0.116. The van der Waals surface area contributed by atoms with Crippen LogP contribution in [0.4, 0.5) is 0 Å². The first-order valence-electron chi connectivity index (χ1n) is 5.35. The Balaban J connectivity index is 2.10. The van der Waals surface area contributed by atoms with Gasteiger partial charge in [-0.15, -0.1) is 0 Å². The molecule has 0 N–H and O–H groups in total. The van der Waals surface area contributed by atoms with Crippen molar-refractivity contribution in [2.45, 2.75) is 38.3 Å². The molecule has 1 fully saturated rings. The second kappa shape index (κ2) is 2.79. The van der Waals surface area contributed by atoms with Crippen molar-refractivity contribution in [2.75, 3.05) is 6.61 Å². The average molecular weight is 193 g/mol. The van der Waals surface area contributed by atoms with Gasteiger partial charge in [0.25, 0.3) is 0 Å². The normalized spacial score (nSPS) is 36.2. The van der Waals surface area contributed by atoms with Gasteiger partial charge < -0.3 is 4.74 Å². The number of hydrogen-bond donors (Lipinski definition) is 0. The van der Waals surface area contributed by atoms with Crippen molar-refractivity contribution in [1.29, 1.82) is 0 Å². The molecule has 4 nitrogen and oxygen atoms in total. The molecule has 3 rings (SSSR count). The monoisotopic (exact) mass is 193 g/mol. The van der Waals surface area contributed by atoms with Crippen molar-refractivity contribution < 1.29 is 4.74 Å². The van der Waals surface area contributed by atoms with Crippen LogP contribution in [0.5, 0.6) is 0 Å². The van der Waals surface area contributed by atoms with Crippen LogP contribution in [0.25, 0.3) is 0 Å². The summed E-state index contributed by atoms with van der Waals surface area (Å²) in [5.74, 6) is 1.62. The molecule has 1 aromatic rings. The maximum absolute atomic E-state index is 6.00. The number of fused-ring (bicyclic) bond motifs is 2. The molecule has 14 heavy (non-hydrogen) atoms. The van der Waals surface area contributed by atoms with Crippen molar-refractivity contribution in [2.24, 2.45) is 5.92 Å². The lowest BCUT2D eigenvalue weighted by Gasteiger charge is -2.36. The fourth-order valence-electron chi connectivity index (χ4n) is 2.83. The highest BCUT2D eigenvalue weighted by molar-refractivity contribution is 5.09. The van der Waals surface area contributed by atoms with Crippen LogP contribution in [-0.4, -0.2) is 21.4 Å². The van der Waals surface area contributed by atoms with E-state index in [0.717, 1.165) is 25.4 Å². The van der Waals surface area contributed by atoms with Gasteiger partial charge in [0, 0.05) is 0 Å². The zero-order valence-corrected chi connectivity index (χ0v) is 8.44. The molecule has 1 spiro atoms. The van der Waals surface area contributed by atoms with Crippen molar-refractivity contribution >= 4 is 0 Å². The SMILES string of the molecule is CC1CCCC12OCCn1ncnc12. The fourth-order valence-corrected chi connectivity index (χ4v) is 2.83. The van der Waals surface area contributed by atoms with Crippen LogP contribution in [-0.2, 0) is 16.9 Å². The Morgan fingerprint density at radius 1 is 1.64 bits per heavy atom. The second-order valence-electron chi connectivity index (χ2n) is 4.34. The van der Waals surface area contributed by atoms with E-state index in [1.165, 1.54) is 12.8 Å². The second-order valence-corrected chi connectivity index (χ2v) is 4.34. The lowest BCUT2D eigenvalue weighted by atomic mass is 9.90. The Bertz CT molecular complexity index is 349. The summed E-state index contributed by atoms with van der Waals surface area (Å²) >= 11 is 0.